The monoisotopic (exact) mass is 356 g/mol. The molecular formula is C19H20N2O3S. The molecule has 6 heteroatoms. The number of carbonyl (C=O) groups excluding carboxylic acids is 2. The predicted molar refractivity (Wildman–Crippen MR) is 99.2 cm³/mol. The van der Waals surface area contributed by atoms with Crippen LogP contribution in [0.15, 0.2) is 47.4 Å². The second-order valence-corrected chi connectivity index (χ2v) is 6.74. The number of ether oxygens (including phenoxy) is 1. The van der Waals surface area contributed by atoms with Crippen LogP contribution in [-0.2, 0) is 11.3 Å². The fraction of sp³-hybridized carbons (Fsp3) is 0.263. The molecule has 0 bridgehead atoms. The van der Waals surface area contributed by atoms with Crippen LogP contribution < -0.4 is 15.4 Å². The zero-order valence-corrected chi connectivity index (χ0v) is 14.8. The zero-order chi connectivity index (χ0) is 17.6. The van der Waals surface area contributed by atoms with Crippen molar-refractivity contribution >= 4 is 29.3 Å². The van der Waals surface area contributed by atoms with Gasteiger partial charge in [-0.3, -0.25) is 9.59 Å². The van der Waals surface area contributed by atoms with Gasteiger partial charge >= 0.3 is 0 Å². The summed E-state index contributed by atoms with van der Waals surface area (Å²) in [5.41, 5.74) is 2.23. The molecule has 2 aromatic carbocycles. The summed E-state index contributed by atoms with van der Waals surface area (Å²) in [5, 5.41) is 5.69. The fourth-order valence-electron chi connectivity index (χ4n) is 2.43. The van der Waals surface area contributed by atoms with Crippen molar-refractivity contribution in [3.63, 3.8) is 0 Å². The second kappa shape index (κ2) is 8.07. The van der Waals surface area contributed by atoms with Gasteiger partial charge in [0.1, 0.15) is 5.75 Å². The molecule has 2 amide bonds. The molecule has 25 heavy (non-hydrogen) atoms. The van der Waals surface area contributed by atoms with Gasteiger partial charge in [0.05, 0.1) is 18.0 Å². The maximum atomic E-state index is 12.3. The summed E-state index contributed by atoms with van der Waals surface area (Å²) in [6, 6.07) is 13.1. The molecule has 0 unspecified atom stereocenters. The zero-order valence-electron chi connectivity index (χ0n) is 14.0. The summed E-state index contributed by atoms with van der Waals surface area (Å²) in [6.07, 6.45) is 0.970. The van der Waals surface area contributed by atoms with Crippen molar-refractivity contribution in [3.05, 3.63) is 53.6 Å². The van der Waals surface area contributed by atoms with E-state index in [0.717, 1.165) is 22.6 Å². The van der Waals surface area contributed by atoms with E-state index in [2.05, 4.69) is 17.6 Å². The highest BCUT2D eigenvalue weighted by Crippen LogP contribution is 2.31. The van der Waals surface area contributed by atoms with Crippen LogP contribution in [0.4, 0.5) is 5.69 Å². The number of fused-ring (bicyclic) bond motifs is 1. The molecule has 1 heterocycles. The standard InChI is InChI=1S/C19H20N2O3S/c1-2-9-24-15-6-3-13(4-7-15)11-20-19(23)14-5-8-17-16(10-14)21-18(22)12-25-17/h3-8,10H,2,9,11-12H2,1H3,(H,20,23)(H,21,22). The lowest BCUT2D eigenvalue weighted by Gasteiger charge is -2.17. The van der Waals surface area contributed by atoms with Gasteiger partial charge in [-0.05, 0) is 42.3 Å². The molecular weight excluding hydrogens is 336 g/mol. The van der Waals surface area contributed by atoms with Crippen LogP contribution in [0.3, 0.4) is 0 Å². The topological polar surface area (TPSA) is 67.4 Å². The first-order valence-electron chi connectivity index (χ1n) is 8.22. The lowest BCUT2D eigenvalue weighted by Crippen LogP contribution is -2.24. The van der Waals surface area contributed by atoms with E-state index < -0.39 is 0 Å². The van der Waals surface area contributed by atoms with Crippen LogP contribution in [0.5, 0.6) is 5.75 Å². The van der Waals surface area contributed by atoms with E-state index in [-0.39, 0.29) is 11.8 Å². The van der Waals surface area contributed by atoms with E-state index in [1.165, 1.54) is 11.8 Å². The third kappa shape index (κ3) is 4.54. The molecule has 0 fully saturated rings. The molecule has 5 nitrogen and oxygen atoms in total. The van der Waals surface area contributed by atoms with Gasteiger partial charge in [0.15, 0.2) is 0 Å². The smallest absolute Gasteiger partial charge is 0.251 e. The Balaban J connectivity index is 1.59. The Morgan fingerprint density at radius 1 is 1.24 bits per heavy atom. The molecule has 0 radical (unpaired) electrons. The Morgan fingerprint density at radius 2 is 2.04 bits per heavy atom. The molecule has 3 rings (SSSR count). The first-order valence-corrected chi connectivity index (χ1v) is 9.21. The Bertz CT molecular complexity index is 775. The largest absolute Gasteiger partial charge is 0.494 e. The number of anilines is 1. The summed E-state index contributed by atoms with van der Waals surface area (Å²) in [6.45, 7) is 3.20. The van der Waals surface area contributed by atoms with Crippen LogP contribution in [0.1, 0.15) is 29.3 Å². The number of amides is 2. The quantitative estimate of drug-likeness (QED) is 0.832. The van der Waals surface area contributed by atoms with Crippen molar-refractivity contribution in [2.24, 2.45) is 0 Å². The van der Waals surface area contributed by atoms with Crippen molar-refractivity contribution in [3.8, 4) is 5.75 Å². The van der Waals surface area contributed by atoms with Crippen molar-refractivity contribution in [1.82, 2.24) is 5.32 Å². The molecule has 0 saturated carbocycles. The summed E-state index contributed by atoms with van der Waals surface area (Å²) < 4.78 is 5.54. The van der Waals surface area contributed by atoms with Crippen LogP contribution in [-0.4, -0.2) is 24.2 Å². The molecule has 0 aromatic heterocycles. The van der Waals surface area contributed by atoms with Crippen molar-refractivity contribution in [1.29, 1.82) is 0 Å². The highest BCUT2D eigenvalue weighted by Gasteiger charge is 2.17. The SMILES string of the molecule is CCCOc1ccc(CNC(=O)c2ccc3c(c2)NC(=O)CS3)cc1. The maximum Gasteiger partial charge on any atom is 0.251 e. The lowest BCUT2D eigenvalue weighted by atomic mass is 10.1. The first-order chi connectivity index (χ1) is 12.2. The highest BCUT2D eigenvalue weighted by atomic mass is 32.2. The van der Waals surface area contributed by atoms with E-state index in [1.54, 1.807) is 12.1 Å². The summed E-state index contributed by atoms with van der Waals surface area (Å²) in [5.74, 6) is 1.04. The van der Waals surface area contributed by atoms with E-state index in [1.807, 2.05) is 30.3 Å². The summed E-state index contributed by atoms with van der Waals surface area (Å²) >= 11 is 1.48. The van der Waals surface area contributed by atoms with Gasteiger partial charge in [0.25, 0.3) is 5.91 Å². The van der Waals surface area contributed by atoms with E-state index in [4.69, 9.17) is 4.74 Å². The van der Waals surface area contributed by atoms with Gasteiger partial charge in [-0.25, -0.2) is 0 Å². The predicted octanol–water partition coefficient (Wildman–Crippen LogP) is 3.45. The Labute approximate surface area is 151 Å². The van der Waals surface area contributed by atoms with Gasteiger partial charge in [0.2, 0.25) is 5.91 Å². The van der Waals surface area contributed by atoms with Crippen LogP contribution in [0.2, 0.25) is 0 Å². The number of rotatable bonds is 6. The van der Waals surface area contributed by atoms with E-state index in [0.29, 0.717) is 30.2 Å². The van der Waals surface area contributed by atoms with Gasteiger partial charge in [0, 0.05) is 17.0 Å². The molecule has 1 aliphatic rings. The number of benzene rings is 2. The van der Waals surface area contributed by atoms with Crippen molar-refractivity contribution in [2.75, 3.05) is 17.7 Å². The normalized spacial score (nSPS) is 12.9. The van der Waals surface area contributed by atoms with Crippen molar-refractivity contribution < 1.29 is 14.3 Å². The van der Waals surface area contributed by atoms with Gasteiger partial charge < -0.3 is 15.4 Å². The first kappa shape index (κ1) is 17.4. The average Bonchev–Trinajstić information content (AvgIpc) is 2.64. The Hall–Kier alpha value is -2.47. The van der Waals surface area contributed by atoms with E-state index in [9.17, 15) is 9.59 Å². The summed E-state index contributed by atoms with van der Waals surface area (Å²) in [4.78, 5) is 24.8. The molecule has 0 spiro atoms. The highest BCUT2D eigenvalue weighted by molar-refractivity contribution is 8.00. The van der Waals surface area contributed by atoms with Crippen LogP contribution >= 0.6 is 11.8 Å². The van der Waals surface area contributed by atoms with Crippen LogP contribution in [0.25, 0.3) is 0 Å². The molecule has 0 aliphatic carbocycles. The molecule has 0 atom stereocenters. The number of hydrogen-bond acceptors (Lipinski definition) is 4. The van der Waals surface area contributed by atoms with Gasteiger partial charge in [-0.1, -0.05) is 19.1 Å². The number of carbonyl (C=O) groups is 2. The lowest BCUT2D eigenvalue weighted by molar-refractivity contribution is -0.113. The Kier molecular flexibility index (Phi) is 5.60. The third-order valence-electron chi connectivity index (χ3n) is 3.72. The van der Waals surface area contributed by atoms with Crippen molar-refractivity contribution in [2.45, 2.75) is 24.8 Å². The number of thioether (sulfide) groups is 1. The summed E-state index contributed by atoms with van der Waals surface area (Å²) in [7, 11) is 0. The van der Waals surface area contributed by atoms with Gasteiger partial charge in [-0.2, -0.15) is 0 Å². The minimum absolute atomic E-state index is 0.0413. The number of hydrogen-bond donors (Lipinski definition) is 2. The van der Waals surface area contributed by atoms with Crippen LogP contribution in [0, 0.1) is 0 Å². The average molecular weight is 356 g/mol. The van der Waals surface area contributed by atoms with E-state index >= 15 is 0 Å². The number of nitrogens with one attached hydrogen (secondary N) is 2. The fourth-order valence-corrected chi connectivity index (χ4v) is 3.22. The molecule has 0 saturated heterocycles. The molecule has 1 aliphatic heterocycles. The second-order valence-electron chi connectivity index (χ2n) is 5.72. The molecule has 2 aromatic rings. The minimum atomic E-state index is -0.168. The third-order valence-corrected chi connectivity index (χ3v) is 4.80. The maximum absolute atomic E-state index is 12.3. The molecule has 130 valence electrons. The van der Waals surface area contributed by atoms with Gasteiger partial charge in [-0.15, -0.1) is 11.8 Å². The Morgan fingerprint density at radius 3 is 2.80 bits per heavy atom. The molecule has 2 N–H and O–H groups in total. The minimum Gasteiger partial charge on any atom is -0.494 e.